The third kappa shape index (κ3) is 2.46. The van der Waals surface area contributed by atoms with Gasteiger partial charge >= 0.3 is 0 Å². The summed E-state index contributed by atoms with van der Waals surface area (Å²) < 4.78 is 13.0. The van der Waals surface area contributed by atoms with Gasteiger partial charge in [0.05, 0.1) is 0 Å². The zero-order valence-corrected chi connectivity index (χ0v) is 8.60. The average Bonchev–Trinajstić information content (AvgIpc) is 2.86. The summed E-state index contributed by atoms with van der Waals surface area (Å²) in [6.45, 7) is 0. The Morgan fingerprint density at radius 1 is 1.43 bits per heavy atom. The van der Waals surface area contributed by atoms with Crippen LogP contribution < -0.4 is 5.73 Å². The molecule has 14 heavy (non-hydrogen) atoms. The summed E-state index contributed by atoms with van der Waals surface area (Å²) in [6, 6.07) is 4.45. The molecule has 1 saturated carbocycles. The van der Waals surface area contributed by atoms with Gasteiger partial charge in [0.2, 0.25) is 0 Å². The molecule has 76 valence electrons. The lowest BCUT2D eigenvalue weighted by Gasteiger charge is -2.11. The van der Waals surface area contributed by atoms with E-state index in [4.69, 9.17) is 17.3 Å². The van der Waals surface area contributed by atoms with Gasteiger partial charge < -0.3 is 5.73 Å². The van der Waals surface area contributed by atoms with Crippen LogP contribution in [0.15, 0.2) is 18.2 Å². The number of benzene rings is 1. The topological polar surface area (TPSA) is 26.0 Å². The molecule has 0 unspecified atom stereocenters. The average molecular weight is 214 g/mol. The molecule has 1 fully saturated rings. The first kappa shape index (κ1) is 9.94. The Morgan fingerprint density at radius 2 is 2.14 bits per heavy atom. The summed E-state index contributed by atoms with van der Waals surface area (Å²) >= 11 is 5.75. The van der Waals surface area contributed by atoms with E-state index in [1.165, 1.54) is 25.0 Å². The summed E-state index contributed by atoms with van der Waals surface area (Å²) in [4.78, 5) is 0. The molecule has 0 aromatic heterocycles. The highest BCUT2D eigenvalue weighted by Crippen LogP contribution is 2.37. The molecule has 1 nitrogen and oxygen atoms in total. The summed E-state index contributed by atoms with van der Waals surface area (Å²) in [6.07, 6.45) is 3.47. The Morgan fingerprint density at radius 3 is 2.71 bits per heavy atom. The van der Waals surface area contributed by atoms with Crippen molar-refractivity contribution in [2.75, 3.05) is 0 Å². The number of hydrogen-bond donors (Lipinski definition) is 1. The van der Waals surface area contributed by atoms with Crippen molar-refractivity contribution < 1.29 is 4.39 Å². The maximum atomic E-state index is 13.0. The van der Waals surface area contributed by atoms with Gasteiger partial charge in [-0.15, -0.1) is 0 Å². The van der Waals surface area contributed by atoms with Crippen molar-refractivity contribution in [3.05, 3.63) is 34.6 Å². The maximum Gasteiger partial charge on any atom is 0.125 e. The summed E-state index contributed by atoms with van der Waals surface area (Å²) in [5, 5.41) is 0.422. The van der Waals surface area contributed by atoms with Gasteiger partial charge in [-0.25, -0.2) is 4.39 Å². The van der Waals surface area contributed by atoms with Gasteiger partial charge in [0.15, 0.2) is 0 Å². The molecule has 0 aliphatic heterocycles. The van der Waals surface area contributed by atoms with E-state index in [1.807, 2.05) is 0 Å². The number of halogens is 2. The van der Waals surface area contributed by atoms with Crippen LogP contribution in [-0.4, -0.2) is 0 Å². The minimum absolute atomic E-state index is 0.0734. The molecule has 1 aromatic carbocycles. The normalized spacial score (nSPS) is 18.2. The van der Waals surface area contributed by atoms with E-state index in [2.05, 4.69) is 0 Å². The molecular weight excluding hydrogens is 201 g/mol. The minimum Gasteiger partial charge on any atom is -0.324 e. The van der Waals surface area contributed by atoms with Crippen molar-refractivity contribution in [1.82, 2.24) is 0 Å². The molecule has 2 rings (SSSR count). The van der Waals surface area contributed by atoms with Gasteiger partial charge in [0.1, 0.15) is 5.82 Å². The first-order chi connectivity index (χ1) is 6.65. The molecule has 0 radical (unpaired) electrons. The summed E-state index contributed by atoms with van der Waals surface area (Å²) in [5.74, 6) is 0.436. The fourth-order valence-corrected chi connectivity index (χ4v) is 1.87. The first-order valence-electron chi connectivity index (χ1n) is 4.87. The zero-order chi connectivity index (χ0) is 10.1. The van der Waals surface area contributed by atoms with Crippen molar-refractivity contribution in [3.8, 4) is 0 Å². The Hall–Kier alpha value is -0.600. The second-order valence-electron chi connectivity index (χ2n) is 3.99. The van der Waals surface area contributed by atoms with Gasteiger partial charge in [-0.2, -0.15) is 0 Å². The molecule has 0 amide bonds. The van der Waals surface area contributed by atoms with Crippen LogP contribution in [0.25, 0.3) is 0 Å². The molecule has 1 aliphatic rings. The van der Waals surface area contributed by atoms with E-state index in [-0.39, 0.29) is 11.9 Å². The largest absolute Gasteiger partial charge is 0.324 e. The number of rotatable bonds is 3. The molecule has 0 bridgehead atoms. The van der Waals surface area contributed by atoms with Crippen molar-refractivity contribution in [1.29, 1.82) is 0 Å². The van der Waals surface area contributed by atoms with Crippen molar-refractivity contribution >= 4 is 11.6 Å². The number of nitrogens with two attached hydrogens (primary N) is 1. The third-order valence-electron chi connectivity index (χ3n) is 2.60. The maximum absolute atomic E-state index is 13.0. The van der Waals surface area contributed by atoms with E-state index in [0.717, 1.165) is 17.9 Å². The number of hydrogen-bond acceptors (Lipinski definition) is 1. The van der Waals surface area contributed by atoms with E-state index >= 15 is 0 Å². The predicted octanol–water partition coefficient (Wildman–Crippen LogP) is 3.28. The molecule has 3 heteroatoms. The fourth-order valence-electron chi connectivity index (χ4n) is 1.64. The van der Waals surface area contributed by atoms with Gasteiger partial charge in [-0.05, 0) is 36.1 Å². The highest BCUT2D eigenvalue weighted by molar-refractivity contribution is 6.30. The molecular formula is C11H13ClFN. The van der Waals surface area contributed by atoms with Crippen LogP contribution >= 0.6 is 11.6 Å². The Kier molecular flexibility index (Phi) is 2.75. The van der Waals surface area contributed by atoms with Gasteiger partial charge in [-0.3, -0.25) is 0 Å². The van der Waals surface area contributed by atoms with Crippen LogP contribution in [0, 0.1) is 11.7 Å². The zero-order valence-electron chi connectivity index (χ0n) is 7.84. The molecule has 0 saturated heterocycles. The lowest BCUT2D eigenvalue weighted by molar-refractivity contribution is 0.583. The Labute approximate surface area is 88.1 Å². The third-order valence-corrected chi connectivity index (χ3v) is 2.82. The van der Waals surface area contributed by atoms with Crippen LogP contribution in [0.1, 0.15) is 30.9 Å². The van der Waals surface area contributed by atoms with Gasteiger partial charge in [0, 0.05) is 11.1 Å². The van der Waals surface area contributed by atoms with Crippen LogP contribution in [-0.2, 0) is 0 Å². The molecule has 2 N–H and O–H groups in total. The quantitative estimate of drug-likeness (QED) is 0.820. The van der Waals surface area contributed by atoms with Gasteiger partial charge in [0.25, 0.3) is 0 Å². The van der Waals surface area contributed by atoms with Gasteiger partial charge in [-0.1, -0.05) is 24.4 Å². The summed E-state index contributed by atoms with van der Waals surface area (Å²) in [7, 11) is 0. The molecule has 1 atom stereocenters. The predicted molar refractivity (Wildman–Crippen MR) is 55.7 cm³/mol. The molecule has 0 spiro atoms. The highest BCUT2D eigenvalue weighted by atomic mass is 35.5. The lowest BCUT2D eigenvalue weighted by Crippen LogP contribution is -2.11. The monoisotopic (exact) mass is 213 g/mol. The smallest absolute Gasteiger partial charge is 0.125 e. The Bertz CT molecular complexity index is 316. The van der Waals surface area contributed by atoms with Crippen LogP contribution in [0.5, 0.6) is 0 Å². The Balaban J connectivity index is 2.12. The lowest BCUT2D eigenvalue weighted by atomic mass is 10.0. The van der Waals surface area contributed by atoms with Crippen LogP contribution in [0.2, 0.25) is 5.02 Å². The molecule has 1 aromatic rings. The second-order valence-corrected chi connectivity index (χ2v) is 4.42. The van der Waals surface area contributed by atoms with E-state index < -0.39 is 0 Å². The van der Waals surface area contributed by atoms with E-state index in [9.17, 15) is 4.39 Å². The van der Waals surface area contributed by atoms with Crippen LogP contribution in [0.4, 0.5) is 4.39 Å². The second kappa shape index (κ2) is 3.87. The van der Waals surface area contributed by atoms with Crippen molar-refractivity contribution in [3.63, 3.8) is 0 Å². The first-order valence-corrected chi connectivity index (χ1v) is 5.24. The summed E-state index contributed by atoms with van der Waals surface area (Å²) in [5.41, 5.74) is 6.76. The van der Waals surface area contributed by atoms with Crippen molar-refractivity contribution in [2.45, 2.75) is 25.3 Å². The molecule has 1 aliphatic carbocycles. The molecule has 0 heterocycles. The SMILES string of the molecule is N[C@@H](CC1CC1)c1cc(F)cc(Cl)c1. The van der Waals surface area contributed by atoms with Crippen LogP contribution in [0.3, 0.4) is 0 Å². The van der Waals surface area contributed by atoms with E-state index in [0.29, 0.717) is 5.02 Å². The standard InChI is InChI=1S/C11H13ClFN/c12-9-4-8(5-10(13)6-9)11(14)3-7-1-2-7/h4-7,11H,1-3,14H2/t11-/m0/s1. The van der Waals surface area contributed by atoms with E-state index in [1.54, 1.807) is 6.07 Å². The van der Waals surface area contributed by atoms with Crippen molar-refractivity contribution in [2.24, 2.45) is 11.7 Å². The highest BCUT2D eigenvalue weighted by Gasteiger charge is 2.24. The fraction of sp³-hybridized carbons (Fsp3) is 0.455. The minimum atomic E-state index is -0.307.